The van der Waals surface area contributed by atoms with Crippen LogP contribution in [-0.2, 0) is 4.79 Å². The van der Waals surface area contributed by atoms with Crippen molar-refractivity contribution in [2.45, 2.75) is 11.8 Å². The van der Waals surface area contributed by atoms with Gasteiger partial charge in [0.25, 0.3) is 5.69 Å². The van der Waals surface area contributed by atoms with Gasteiger partial charge in [0.1, 0.15) is 0 Å². The van der Waals surface area contributed by atoms with Crippen molar-refractivity contribution in [2.75, 3.05) is 17.2 Å². The molecular formula is C21H19N3O4S. The quantitative estimate of drug-likeness (QED) is 0.361. The smallest absolute Gasteiger partial charge is 0.283 e. The highest BCUT2D eigenvalue weighted by Gasteiger charge is 2.20. The largest absolute Gasteiger partial charge is 0.366 e. The van der Waals surface area contributed by atoms with Gasteiger partial charge >= 0.3 is 0 Å². The molecule has 0 heterocycles. The molecule has 29 heavy (non-hydrogen) atoms. The summed E-state index contributed by atoms with van der Waals surface area (Å²) in [6.07, 6.45) is 0. The van der Waals surface area contributed by atoms with E-state index in [1.165, 1.54) is 12.1 Å². The zero-order valence-corrected chi connectivity index (χ0v) is 16.5. The zero-order chi connectivity index (χ0) is 21.0. The number of nitro groups is 1. The fourth-order valence-corrected chi connectivity index (χ4v) is 3.88. The summed E-state index contributed by atoms with van der Waals surface area (Å²) >= 11 is 1.06. The third kappa shape index (κ3) is 4.55. The van der Waals surface area contributed by atoms with E-state index < -0.39 is 10.8 Å². The first-order valence-corrected chi connectivity index (χ1v) is 9.89. The fourth-order valence-electron chi connectivity index (χ4n) is 3.00. The van der Waals surface area contributed by atoms with E-state index in [9.17, 15) is 19.7 Å². The highest BCUT2D eigenvalue weighted by Crippen LogP contribution is 2.31. The number of carbonyl (C=O) groups excluding carboxylic acids is 2. The SMILES string of the molecule is CCN(C(=O)CSc1ccc(C(N)=O)cc1[N+](=O)[O-])c1ccc2ccccc2c1. The van der Waals surface area contributed by atoms with E-state index in [-0.39, 0.29) is 22.9 Å². The molecule has 0 fully saturated rings. The van der Waals surface area contributed by atoms with Crippen molar-refractivity contribution in [1.29, 1.82) is 0 Å². The summed E-state index contributed by atoms with van der Waals surface area (Å²) in [5.41, 5.74) is 5.77. The number of benzene rings is 3. The molecule has 2 N–H and O–H groups in total. The molecule has 3 aromatic carbocycles. The van der Waals surface area contributed by atoms with Crippen LogP contribution in [0, 0.1) is 10.1 Å². The Labute approximate surface area is 171 Å². The minimum absolute atomic E-state index is 0.0252. The Balaban J connectivity index is 1.79. The van der Waals surface area contributed by atoms with Gasteiger partial charge in [-0.05, 0) is 42.0 Å². The Morgan fingerprint density at radius 2 is 1.79 bits per heavy atom. The van der Waals surface area contributed by atoms with Gasteiger partial charge in [-0.25, -0.2) is 0 Å². The second-order valence-electron chi connectivity index (χ2n) is 6.26. The van der Waals surface area contributed by atoms with Crippen molar-refractivity contribution in [1.82, 2.24) is 0 Å². The number of thioether (sulfide) groups is 1. The Kier molecular flexibility index (Phi) is 6.13. The number of fused-ring (bicyclic) bond motifs is 1. The highest BCUT2D eigenvalue weighted by atomic mass is 32.2. The molecule has 0 unspecified atom stereocenters. The fraction of sp³-hybridized carbons (Fsp3) is 0.143. The number of primary amides is 1. The molecule has 148 valence electrons. The first-order chi connectivity index (χ1) is 13.9. The maximum Gasteiger partial charge on any atom is 0.283 e. The van der Waals surface area contributed by atoms with Crippen molar-refractivity contribution in [2.24, 2.45) is 5.73 Å². The summed E-state index contributed by atoms with van der Waals surface area (Å²) < 4.78 is 0. The van der Waals surface area contributed by atoms with Crippen LogP contribution in [0.25, 0.3) is 10.8 Å². The Morgan fingerprint density at radius 1 is 1.07 bits per heavy atom. The predicted molar refractivity (Wildman–Crippen MR) is 114 cm³/mol. The van der Waals surface area contributed by atoms with E-state index in [4.69, 9.17) is 5.73 Å². The number of anilines is 1. The number of nitrogens with two attached hydrogens (primary N) is 1. The zero-order valence-electron chi connectivity index (χ0n) is 15.7. The molecule has 7 nitrogen and oxygen atoms in total. The van der Waals surface area contributed by atoms with Gasteiger partial charge in [0.15, 0.2) is 0 Å². The number of amides is 2. The van der Waals surface area contributed by atoms with Gasteiger partial charge in [-0.15, -0.1) is 11.8 Å². The van der Waals surface area contributed by atoms with Gasteiger partial charge in [0.05, 0.1) is 15.6 Å². The van der Waals surface area contributed by atoms with Gasteiger partial charge < -0.3 is 10.6 Å². The number of carbonyl (C=O) groups is 2. The maximum atomic E-state index is 12.8. The van der Waals surface area contributed by atoms with Crippen molar-refractivity contribution in [3.8, 4) is 0 Å². The summed E-state index contributed by atoms with van der Waals surface area (Å²) in [6, 6.07) is 17.7. The van der Waals surface area contributed by atoms with Crippen molar-refractivity contribution >= 4 is 45.7 Å². The lowest BCUT2D eigenvalue weighted by Gasteiger charge is -2.21. The molecule has 0 saturated carbocycles. The van der Waals surface area contributed by atoms with E-state index in [2.05, 4.69) is 0 Å². The highest BCUT2D eigenvalue weighted by molar-refractivity contribution is 8.00. The monoisotopic (exact) mass is 409 g/mol. The molecule has 0 atom stereocenters. The van der Waals surface area contributed by atoms with E-state index in [1.807, 2.05) is 49.4 Å². The first kappa shape index (κ1) is 20.3. The van der Waals surface area contributed by atoms with Gasteiger partial charge in [0, 0.05) is 23.9 Å². The van der Waals surface area contributed by atoms with Crippen molar-refractivity contribution in [3.05, 3.63) is 76.3 Å². The third-order valence-electron chi connectivity index (χ3n) is 4.45. The molecule has 2 amide bonds. The van der Waals surface area contributed by atoms with Crippen LogP contribution >= 0.6 is 11.8 Å². The van der Waals surface area contributed by atoms with E-state index in [0.29, 0.717) is 11.4 Å². The number of rotatable bonds is 7. The van der Waals surface area contributed by atoms with E-state index in [1.54, 1.807) is 4.90 Å². The Bertz CT molecular complexity index is 1100. The predicted octanol–water partition coefficient (Wildman–Crippen LogP) is 3.99. The normalized spacial score (nSPS) is 10.7. The summed E-state index contributed by atoms with van der Waals surface area (Å²) in [4.78, 5) is 36.8. The molecule has 0 spiro atoms. The van der Waals surface area contributed by atoms with Crippen LogP contribution in [0.1, 0.15) is 17.3 Å². The van der Waals surface area contributed by atoms with Gasteiger partial charge in [-0.3, -0.25) is 19.7 Å². The maximum absolute atomic E-state index is 12.8. The molecule has 0 aromatic heterocycles. The lowest BCUT2D eigenvalue weighted by molar-refractivity contribution is -0.387. The topological polar surface area (TPSA) is 107 Å². The van der Waals surface area contributed by atoms with Crippen LogP contribution in [-0.4, -0.2) is 29.0 Å². The second kappa shape index (κ2) is 8.74. The molecule has 0 aliphatic heterocycles. The molecule has 3 rings (SSSR count). The molecule has 8 heteroatoms. The molecular weight excluding hydrogens is 390 g/mol. The van der Waals surface area contributed by atoms with Gasteiger partial charge in [0.2, 0.25) is 11.8 Å². The summed E-state index contributed by atoms with van der Waals surface area (Å²) in [5.74, 6) is -0.882. The number of nitro benzene ring substituents is 1. The molecule has 0 saturated heterocycles. The second-order valence-corrected chi connectivity index (χ2v) is 7.28. The lowest BCUT2D eigenvalue weighted by Crippen LogP contribution is -2.32. The van der Waals surface area contributed by atoms with Gasteiger partial charge in [-0.2, -0.15) is 0 Å². The number of hydrogen-bond acceptors (Lipinski definition) is 5. The minimum Gasteiger partial charge on any atom is -0.366 e. The van der Waals surface area contributed by atoms with E-state index in [0.717, 1.165) is 34.3 Å². The van der Waals surface area contributed by atoms with Crippen LogP contribution in [0.15, 0.2) is 65.6 Å². The summed E-state index contributed by atoms with van der Waals surface area (Å²) in [6.45, 7) is 2.35. The molecule has 3 aromatic rings. The van der Waals surface area contributed by atoms with Crippen LogP contribution in [0.2, 0.25) is 0 Å². The van der Waals surface area contributed by atoms with Crippen LogP contribution < -0.4 is 10.6 Å². The molecule has 0 aliphatic rings. The molecule has 0 radical (unpaired) electrons. The average Bonchev–Trinajstić information content (AvgIpc) is 2.72. The number of nitrogens with zero attached hydrogens (tertiary/aromatic N) is 2. The van der Waals surface area contributed by atoms with Crippen molar-refractivity contribution < 1.29 is 14.5 Å². The van der Waals surface area contributed by atoms with E-state index >= 15 is 0 Å². The van der Waals surface area contributed by atoms with Crippen molar-refractivity contribution in [3.63, 3.8) is 0 Å². The Morgan fingerprint density at radius 3 is 2.45 bits per heavy atom. The third-order valence-corrected chi connectivity index (χ3v) is 5.50. The van der Waals surface area contributed by atoms with Gasteiger partial charge in [-0.1, -0.05) is 30.3 Å². The number of hydrogen-bond donors (Lipinski definition) is 1. The first-order valence-electron chi connectivity index (χ1n) is 8.91. The van der Waals surface area contributed by atoms with Crippen LogP contribution in [0.3, 0.4) is 0 Å². The summed E-state index contributed by atoms with van der Waals surface area (Å²) in [5, 5.41) is 13.4. The molecule has 0 aliphatic carbocycles. The van der Waals surface area contributed by atoms with Crippen LogP contribution in [0.4, 0.5) is 11.4 Å². The lowest BCUT2D eigenvalue weighted by atomic mass is 10.1. The summed E-state index contributed by atoms with van der Waals surface area (Å²) in [7, 11) is 0. The Hall–Kier alpha value is -3.39. The molecule has 0 bridgehead atoms. The standard InChI is InChI=1S/C21H19N3O4S/c1-2-23(17-9-7-14-5-3-4-6-15(14)11-17)20(25)13-29-19-10-8-16(21(22)26)12-18(19)24(27)28/h3-12H,2,13H2,1H3,(H2,22,26). The van der Waals surface area contributed by atoms with Crippen LogP contribution in [0.5, 0.6) is 0 Å². The average molecular weight is 409 g/mol. The minimum atomic E-state index is -0.741.